The first-order chi connectivity index (χ1) is 12.1. The Labute approximate surface area is 147 Å². The van der Waals surface area contributed by atoms with Crippen LogP contribution in [0.4, 0.5) is 5.69 Å². The van der Waals surface area contributed by atoms with Crippen molar-refractivity contribution < 1.29 is 9.53 Å². The first kappa shape index (κ1) is 17.4. The average molecular weight is 340 g/mol. The number of nitrogens with zero attached hydrogens (tertiary/aromatic N) is 1. The van der Waals surface area contributed by atoms with Crippen molar-refractivity contribution >= 4 is 11.6 Å². The van der Waals surface area contributed by atoms with Crippen LogP contribution in [0.5, 0.6) is 5.75 Å². The Morgan fingerprint density at radius 3 is 2.32 bits per heavy atom. The molecular formula is C19H24N4O2. The minimum atomic E-state index is -0.0701. The molecule has 3 rings (SSSR count). The molecule has 1 heterocycles. The van der Waals surface area contributed by atoms with Gasteiger partial charge < -0.3 is 21.5 Å². The predicted octanol–water partition coefficient (Wildman–Crippen LogP) is 1.17. The van der Waals surface area contributed by atoms with E-state index in [0.717, 1.165) is 17.0 Å². The Balaban J connectivity index is 1.46. The van der Waals surface area contributed by atoms with E-state index < -0.39 is 0 Å². The first-order valence-corrected chi connectivity index (χ1v) is 8.40. The van der Waals surface area contributed by atoms with Gasteiger partial charge >= 0.3 is 0 Å². The Morgan fingerprint density at radius 1 is 1.04 bits per heavy atom. The van der Waals surface area contributed by atoms with Gasteiger partial charge in [-0.05, 0) is 29.8 Å². The molecule has 6 heteroatoms. The van der Waals surface area contributed by atoms with Gasteiger partial charge in [0, 0.05) is 30.9 Å². The van der Waals surface area contributed by atoms with Crippen molar-refractivity contribution in [1.29, 1.82) is 0 Å². The third-order valence-electron chi connectivity index (χ3n) is 4.24. The molecule has 132 valence electrons. The number of nitrogens with two attached hydrogens (primary N) is 2. The van der Waals surface area contributed by atoms with Crippen molar-refractivity contribution in [2.75, 3.05) is 25.0 Å². The SMILES string of the molecule is N[C@@H]1CN(CC(=O)Nc2ccc(OCc3ccccc3)cc2)C[C@H]1N. The lowest BCUT2D eigenvalue weighted by atomic mass is 10.2. The molecule has 0 aromatic heterocycles. The van der Waals surface area contributed by atoms with Crippen molar-refractivity contribution in [3.63, 3.8) is 0 Å². The second kappa shape index (κ2) is 8.11. The van der Waals surface area contributed by atoms with E-state index in [-0.39, 0.29) is 18.0 Å². The van der Waals surface area contributed by atoms with Crippen molar-refractivity contribution in [2.45, 2.75) is 18.7 Å². The summed E-state index contributed by atoms with van der Waals surface area (Å²) in [4.78, 5) is 14.1. The van der Waals surface area contributed by atoms with Crippen LogP contribution in [0.2, 0.25) is 0 Å². The summed E-state index contributed by atoms with van der Waals surface area (Å²) in [6, 6.07) is 17.2. The fraction of sp³-hybridized carbons (Fsp3) is 0.316. The number of amides is 1. The molecule has 0 radical (unpaired) electrons. The molecule has 6 nitrogen and oxygen atoms in total. The molecule has 0 spiro atoms. The maximum absolute atomic E-state index is 12.1. The van der Waals surface area contributed by atoms with E-state index in [0.29, 0.717) is 26.2 Å². The maximum Gasteiger partial charge on any atom is 0.238 e. The van der Waals surface area contributed by atoms with Gasteiger partial charge in [-0.2, -0.15) is 0 Å². The van der Waals surface area contributed by atoms with E-state index in [2.05, 4.69) is 5.32 Å². The zero-order valence-corrected chi connectivity index (χ0v) is 14.1. The lowest BCUT2D eigenvalue weighted by molar-refractivity contribution is -0.117. The highest BCUT2D eigenvalue weighted by Gasteiger charge is 2.28. The predicted molar refractivity (Wildman–Crippen MR) is 98.2 cm³/mol. The fourth-order valence-corrected chi connectivity index (χ4v) is 2.85. The summed E-state index contributed by atoms with van der Waals surface area (Å²) in [6.07, 6.45) is 0. The molecule has 0 unspecified atom stereocenters. The molecule has 0 aliphatic carbocycles. The molecule has 25 heavy (non-hydrogen) atoms. The first-order valence-electron chi connectivity index (χ1n) is 8.40. The number of anilines is 1. The average Bonchev–Trinajstić information content (AvgIpc) is 2.92. The Morgan fingerprint density at radius 2 is 1.68 bits per heavy atom. The number of ether oxygens (including phenoxy) is 1. The van der Waals surface area contributed by atoms with Gasteiger partial charge in [0.05, 0.1) is 6.54 Å². The van der Waals surface area contributed by atoms with Crippen molar-refractivity contribution in [3.8, 4) is 5.75 Å². The van der Waals surface area contributed by atoms with Gasteiger partial charge in [0.1, 0.15) is 12.4 Å². The molecule has 1 aliphatic rings. The summed E-state index contributed by atoms with van der Waals surface area (Å²) < 4.78 is 5.73. The third kappa shape index (κ3) is 5.03. The molecule has 2 aromatic carbocycles. The minimum Gasteiger partial charge on any atom is -0.489 e. The van der Waals surface area contributed by atoms with Crippen molar-refractivity contribution in [3.05, 3.63) is 60.2 Å². The summed E-state index contributed by atoms with van der Waals surface area (Å²) in [7, 11) is 0. The molecule has 2 aromatic rings. The number of hydrogen-bond acceptors (Lipinski definition) is 5. The van der Waals surface area contributed by atoms with Crippen LogP contribution in [-0.4, -0.2) is 42.5 Å². The van der Waals surface area contributed by atoms with Crippen LogP contribution >= 0.6 is 0 Å². The quantitative estimate of drug-likeness (QED) is 0.734. The van der Waals surface area contributed by atoms with Crippen LogP contribution < -0.4 is 21.5 Å². The highest BCUT2D eigenvalue weighted by atomic mass is 16.5. The van der Waals surface area contributed by atoms with Crippen molar-refractivity contribution in [2.24, 2.45) is 11.5 Å². The van der Waals surface area contributed by atoms with Crippen LogP contribution in [0.15, 0.2) is 54.6 Å². The number of likely N-dealkylation sites (tertiary alicyclic amines) is 1. The largest absolute Gasteiger partial charge is 0.489 e. The standard InChI is InChI=1S/C19H24N4O2/c20-17-10-23(11-18(17)21)12-19(24)22-15-6-8-16(9-7-15)25-13-14-4-2-1-3-5-14/h1-9,17-18H,10-13,20-21H2,(H,22,24)/t17-,18-/m1/s1. The lowest BCUT2D eigenvalue weighted by Crippen LogP contribution is -2.39. The molecule has 1 amide bonds. The molecule has 1 aliphatic heterocycles. The number of benzene rings is 2. The number of carbonyl (C=O) groups is 1. The second-order valence-corrected chi connectivity index (χ2v) is 6.37. The maximum atomic E-state index is 12.1. The van der Waals surface area contributed by atoms with Gasteiger partial charge in [0.15, 0.2) is 0 Å². The summed E-state index contributed by atoms with van der Waals surface area (Å²) in [5.74, 6) is 0.692. The van der Waals surface area contributed by atoms with Gasteiger partial charge in [-0.25, -0.2) is 0 Å². The number of nitrogens with one attached hydrogen (secondary N) is 1. The van der Waals surface area contributed by atoms with E-state index in [9.17, 15) is 4.79 Å². The Kier molecular flexibility index (Phi) is 5.65. The Bertz CT molecular complexity index is 680. The molecule has 1 saturated heterocycles. The molecule has 1 fully saturated rings. The topological polar surface area (TPSA) is 93.6 Å². The van der Waals surface area contributed by atoms with E-state index in [1.54, 1.807) is 0 Å². The molecule has 5 N–H and O–H groups in total. The highest BCUT2D eigenvalue weighted by molar-refractivity contribution is 5.92. The number of hydrogen-bond donors (Lipinski definition) is 3. The van der Waals surface area contributed by atoms with Gasteiger partial charge in [0.2, 0.25) is 5.91 Å². The van der Waals surface area contributed by atoms with Crippen LogP contribution in [-0.2, 0) is 11.4 Å². The normalized spacial score (nSPS) is 20.4. The molecular weight excluding hydrogens is 316 g/mol. The summed E-state index contributed by atoms with van der Waals surface area (Å²) >= 11 is 0. The van der Waals surface area contributed by atoms with Crippen LogP contribution in [0, 0.1) is 0 Å². The lowest BCUT2D eigenvalue weighted by Gasteiger charge is -2.15. The van der Waals surface area contributed by atoms with Crippen LogP contribution in [0.25, 0.3) is 0 Å². The van der Waals surface area contributed by atoms with E-state index in [1.165, 1.54) is 0 Å². The number of carbonyl (C=O) groups excluding carboxylic acids is 1. The van der Waals surface area contributed by atoms with E-state index in [1.807, 2.05) is 59.5 Å². The minimum absolute atomic E-state index is 0.0613. The zero-order chi connectivity index (χ0) is 17.6. The van der Waals surface area contributed by atoms with Gasteiger partial charge in [-0.15, -0.1) is 0 Å². The van der Waals surface area contributed by atoms with Gasteiger partial charge in [-0.1, -0.05) is 30.3 Å². The Hall–Kier alpha value is -2.41. The van der Waals surface area contributed by atoms with E-state index in [4.69, 9.17) is 16.2 Å². The van der Waals surface area contributed by atoms with Gasteiger partial charge in [0.25, 0.3) is 0 Å². The molecule has 0 saturated carbocycles. The monoisotopic (exact) mass is 340 g/mol. The summed E-state index contributed by atoms with van der Waals surface area (Å²) in [5.41, 5.74) is 13.6. The van der Waals surface area contributed by atoms with Crippen LogP contribution in [0.1, 0.15) is 5.56 Å². The summed E-state index contributed by atoms with van der Waals surface area (Å²) in [5, 5.41) is 2.88. The van der Waals surface area contributed by atoms with Gasteiger partial charge in [-0.3, -0.25) is 9.69 Å². The second-order valence-electron chi connectivity index (χ2n) is 6.37. The summed E-state index contributed by atoms with van der Waals surface area (Å²) in [6.45, 7) is 2.12. The molecule has 2 atom stereocenters. The molecule has 0 bridgehead atoms. The van der Waals surface area contributed by atoms with E-state index >= 15 is 0 Å². The number of rotatable bonds is 6. The zero-order valence-electron chi connectivity index (χ0n) is 14.1. The van der Waals surface area contributed by atoms with Crippen molar-refractivity contribution in [1.82, 2.24) is 4.90 Å². The highest BCUT2D eigenvalue weighted by Crippen LogP contribution is 2.17. The fourth-order valence-electron chi connectivity index (χ4n) is 2.85. The smallest absolute Gasteiger partial charge is 0.238 e. The third-order valence-corrected chi connectivity index (χ3v) is 4.24. The van der Waals surface area contributed by atoms with Crippen LogP contribution in [0.3, 0.4) is 0 Å².